The molecular formula is C11H16Cl2N4O. The maximum absolute atomic E-state index is 11.3. The molecule has 2 heterocycles. The molecule has 1 unspecified atom stereocenters. The number of carbonyl (C=O) groups excluding carboxylic acids is 1. The predicted molar refractivity (Wildman–Crippen MR) is 75.2 cm³/mol. The molecule has 0 saturated heterocycles. The number of rotatable bonds is 3. The van der Waals surface area contributed by atoms with Crippen LogP contribution in [0.25, 0.3) is 5.65 Å². The van der Waals surface area contributed by atoms with Crippen molar-refractivity contribution in [2.45, 2.75) is 19.5 Å². The van der Waals surface area contributed by atoms with E-state index < -0.39 is 6.04 Å². The smallest absolute Gasteiger partial charge is 0.236 e. The van der Waals surface area contributed by atoms with Crippen molar-refractivity contribution in [2.75, 3.05) is 0 Å². The number of nitrogens with one attached hydrogen (secondary N) is 1. The minimum absolute atomic E-state index is 0. The van der Waals surface area contributed by atoms with Gasteiger partial charge >= 0.3 is 0 Å². The van der Waals surface area contributed by atoms with E-state index in [-0.39, 0.29) is 30.7 Å². The highest BCUT2D eigenvalue weighted by molar-refractivity contribution is 5.85. The number of nitrogens with two attached hydrogens (primary N) is 1. The molecule has 0 saturated carbocycles. The van der Waals surface area contributed by atoms with Gasteiger partial charge in [-0.05, 0) is 19.1 Å². The van der Waals surface area contributed by atoms with Crippen molar-refractivity contribution in [3.63, 3.8) is 0 Å². The van der Waals surface area contributed by atoms with Crippen LogP contribution in [0.15, 0.2) is 30.6 Å². The number of fused-ring (bicyclic) bond motifs is 1. The van der Waals surface area contributed by atoms with Gasteiger partial charge in [0.25, 0.3) is 0 Å². The number of imidazole rings is 1. The van der Waals surface area contributed by atoms with Gasteiger partial charge in [-0.1, -0.05) is 6.07 Å². The summed E-state index contributed by atoms with van der Waals surface area (Å²) in [5.41, 5.74) is 7.13. The maximum atomic E-state index is 11.3. The highest BCUT2D eigenvalue weighted by Crippen LogP contribution is 2.03. The van der Waals surface area contributed by atoms with E-state index in [1.807, 2.05) is 35.0 Å². The van der Waals surface area contributed by atoms with Crippen molar-refractivity contribution < 1.29 is 4.79 Å². The molecule has 0 aliphatic carbocycles. The molecule has 0 radical (unpaired) electrons. The molecule has 2 aromatic rings. The molecule has 0 spiro atoms. The van der Waals surface area contributed by atoms with E-state index in [2.05, 4.69) is 10.3 Å². The minimum Gasteiger partial charge on any atom is -0.349 e. The van der Waals surface area contributed by atoms with E-state index >= 15 is 0 Å². The molecule has 2 rings (SSSR count). The van der Waals surface area contributed by atoms with E-state index in [1.165, 1.54) is 0 Å². The Hall–Kier alpha value is -1.30. The van der Waals surface area contributed by atoms with Crippen LogP contribution in [0.5, 0.6) is 0 Å². The average Bonchev–Trinajstić information content (AvgIpc) is 2.68. The summed E-state index contributed by atoms with van der Waals surface area (Å²) in [7, 11) is 0. The van der Waals surface area contributed by atoms with Crippen LogP contribution in [-0.2, 0) is 11.3 Å². The largest absolute Gasteiger partial charge is 0.349 e. The van der Waals surface area contributed by atoms with E-state index in [9.17, 15) is 4.79 Å². The predicted octanol–water partition coefficient (Wildman–Crippen LogP) is 1.14. The molecule has 1 amide bonds. The van der Waals surface area contributed by atoms with Crippen LogP contribution in [0.4, 0.5) is 0 Å². The summed E-state index contributed by atoms with van der Waals surface area (Å²) in [4.78, 5) is 15.6. The van der Waals surface area contributed by atoms with Gasteiger partial charge in [-0.25, -0.2) is 4.98 Å². The summed E-state index contributed by atoms with van der Waals surface area (Å²) < 4.78 is 1.91. The first-order valence-corrected chi connectivity index (χ1v) is 5.13. The van der Waals surface area contributed by atoms with Gasteiger partial charge in [0.15, 0.2) is 0 Å². The second kappa shape index (κ2) is 7.20. The van der Waals surface area contributed by atoms with Gasteiger partial charge in [0.05, 0.1) is 18.3 Å². The summed E-state index contributed by atoms with van der Waals surface area (Å²) in [5.74, 6) is -0.169. The summed E-state index contributed by atoms with van der Waals surface area (Å²) in [6.45, 7) is 2.06. The van der Waals surface area contributed by atoms with Crippen molar-refractivity contribution in [1.82, 2.24) is 14.7 Å². The van der Waals surface area contributed by atoms with Gasteiger partial charge < -0.3 is 15.5 Å². The molecule has 5 nitrogen and oxygen atoms in total. The Morgan fingerprint density at radius 2 is 2.22 bits per heavy atom. The van der Waals surface area contributed by atoms with E-state index in [0.29, 0.717) is 6.54 Å². The maximum Gasteiger partial charge on any atom is 0.236 e. The first kappa shape index (κ1) is 16.7. The summed E-state index contributed by atoms with van der Waals surface area (Å²) in [6, 6.07) is 5.28. The molecule has 0 fully saturated rings. The number of hydrogen-bond acceptors (Lipinski definition) is 3. The van der Waals surface area contributed by atoms with Crippen LogP contribution < -0.4 is 11.1 Å². The molecule has 2 aromatic heterocycles. The molecule has 7 heteroatoms. The minimum atomic E-state index is -0.489. The van der Waals surface area contributed by atoms with Crippen LogP contribution in [0.2, 0.25) is 0 Å². The van der Waals surface area contributed by atoms with Crippen LogP contribution in [-0.4, -0.2) is 21.3 Å². The first-order chi connectivity index (χ1) is 7.66. The molecule has 18 heavy (non-hydrogen) atoms. The Kier molecular flexibility index (Phi) is 6.68. The highest BCUT2D eigenvalue weighted by Gasteiger charge is 2.07. The average molecular weight is 291 g/mol. The topological polar surface area (TPSA) is 72.4 Å². The van der Waals surface area contributed by atoms with Gasteiger partial charge in [0, 0.05) is 12.4 Å². The third-order valence-electron chi connectivity index (χ3n) is 2.27. The van der Waals surface area contributed by atoms with Crippen LogP contribution in [0, 0.1) is 0 Å². The Labute approximate surface area is 118 Å². The van der Waals surface area contributed by atoms with Crippen LogP contribution in [0.3, 0.4) is 0 Å². The van der Waals surface area contributed by atoms with Gasteiger partial charge in [0.1, 0.15) is 5.65 Å². The number of nitrogens with zero attached hydrogens (tertiary/aromatic N) is 2. The molecule has 1 atom stereocenters. The van der Waals surface area contributed by atoms with Gasteiger partial charge in [-0.15, -0.1) is 24.8 Å². The lowest BCUT2D eigenvalue weighted by atomic mass is 10.3. The fraction of sp³-hybridized carbons (Fsp3) is 0.273. The summed E-state index contributed by atoms with van der Waals surface area (Å²) in [6.07, 6.45) is 3.80. The Morgan fingerprint density at radius 3 is 2.83 bits per heavy atom. The number of amides is 1. The summed E-state index contributed by atoms with van der Waals surface area (Å²) >= 11 is 0. The third-order valence-corrected chi connectivity index (χ3v) is 2.27. The van der Waals surface area contributed by atoms with E-state index in [1.54, 1.807) is 6.92 Å². The molecule has 100 valence electrons. The number of carbonyl (C=O) groups is 1. The van der Waals surface area contributed by atoms with Crippen molar-refractivity contribution in [3.8, 4) is 0 Å². The highest BCUT2D eigenvalue weighted by atomic mass is 35.5. The van der Waals surface area contributed by atoms with E-state index in [4.69, 9.17) is 5.73 Å². The van der Waals surface area contributed by atoms with Crippen LogP contribution in [0.1, 0.15) is 12.6 Å². The quantitative estimate of drug-likeness (QED) is 0.890. The lowest BCUT2D eigenvalue weighted by molar-refractivity contribution is -0.122. The fourth-order valence-electron chi connectivity index (χ4n) is 1.41. The van der Waals surface area contributed by atoms with Gasteiger partial charge in [0.2, 0.25) is 5.91 Å². The molecule has 0 bridgehead atoms. The lowest BCUT2D eigenvalue weighted by Crippen LogP contribution is -2.37. The Balaban J connectivity index is 0.00000144. The number of pyridine rings is 1. The second-order valence-corrected chi connectivity index (χ2v) is 3.70. The Bertz CT molecular complexity index is 479. The second-order valence-electron chi connectivity index (χ2n) is 3.70. The lowest BCUT2D eigenvalue weighted by Gasteiger charge is -2.04. The zero-order valence-corrected chi connectivity index (χ0v) is 11.5. The normalized spacial score (nSPS) is 11.2. The summed E-state index contributed by atoms with van der Waals surface area (Å²) in [5, 5.41) is 2.72. The van der Waals surface area contributed by atoms with Crippen molar-refractivity contribution >= 4 is 36.4 Å². The number of halogens is 2. The van der Waals surface area contributed by atoms with Gasteiger partial charge in [-0.3, -0.25) is 4.79 Å². The Morgan fingerprint density at radius 1 is 1.50 bits per heavy atom. The van der Waals surface area contributed by atoms with Crippen molar-refractivity contribution in [1.29, 1.82) is 0 Å². The standard InChI is InChI=1S/C11H14N4O.2ClH/c1-8(12)11(16)13-6-9-7-15-5-3-2-4-10(15)14-9;;/h2-5,7-8H,6,12H2,1H3,(H,13,16);2*1H. The van der Waals surface area contributed by atoms with E-state index in [0.717, 1.165) is 11.3 Å². The van der Waals surface area contributed by atoms with Crippen molar-refractivity contribution in [2.24, 2.45) is 5.73 Å². The number of hydrogen-bond donors (Lipinski definition) is 2. The number of aromatic nitrogens is 2. The molecule has 0 aliphatic rings. The molecule has 0 aromatic carbocycles. The SMILES string of the molecule is CC(N)C(=O)NCc1cn2ccccc2n1.Cl.Cl. The monoisotopic (exact) mass is 290 g/mol. The van der Waals surface area contributed by atoms with Gasteiger partial charge in [-0.2, -0.15) is 0 Å². The van der Waals surface area contributed by atoms with Crippen molar-refractivity contribution in [3.05, 3.63) is 36.3 Å². The molecule has 3 N–H and O–H groups in total. The first-order valence-electron chi connectivity index (χ1n) is 5.13. The zero-order valence-electron chi connectivity index (χ0n) is 9.87. The fourth-order valence-corrected chi connectivity index (χ4v) is 1.41. The van der Waals surface area contributed by atoms with Crippen LogP contribution >= 0.6 is 24.8 Å². The molecule has 0 aliphatic heterocycles. The zero-order chi connectivity index (χ0) is 11.5. The molecular weight excluding hydrogens is 275 g/mol. The third kappa shape index (κ3) is 3.87.